The Labute approximate surface area is 102 Å². The number of ether oxygens (including phenoxy) is 2. The third-order valence-electron chi connectivity index (χ3n) is 2.28. The van der Waals surface area contributed by atoms with Crippen LogP contribution in [0.5, 0.6) is 5.75 Å². The Bertz CT molecular complexity index is 377. The molecule has 0 saturated heterocycles. The fourth-order valence-electron chi connectivity index (χ4n) is 1.57. The van der Waals surface area contributed by atoms with Crippen LogP contribution in [0.4, 0.5) is 5.69 Å². The first-order valence-electron chi connectivity index (χ1n) is 5.77. The van der Waals surface area contributed by atoms with Crippen molar-refractivity contribution in [2.75, 3.05) is 25.6 Å². The number of hydrogen-bond acceptors (Lipinski definition) is 4. The van der Waals surface area contributed by atoms with Gasteiger partial charge in [-0.25, -0.2) is 0 Å². The van der Waals surface area contributed by atoms with Crippen molar-refractivity contribution in [3.63, 3.8) is 0 Å². The Morgan fingerprint density at radius 1 is 1.35 bits per heavy atom. The molecule has 1 aromatic carbocycles. The number of hydrogen-bond donors (Lipinski definition) is 1. The SMILES string of the molecule is CCNc1cc(CC(=O)OCC)ccc1OC. The zero-order chi connectivity index (χ0) is 12.7. The van der Waals surface area contributed by atoms with Gasteiger partial charge in [-0.2, -0.15) is 0 Å². The van der Waals surface area contributed by atoms with E-state index in [4.69, 9.17) is 9.47 Å². The molecule has 1 N–H and O–H groups in total. The van der Waals surface area contributed by atoms with Crippen molar-refractivity contribution in [3.05, 3.63) is 23.8 Å². The van der Waals surface area contributed by atoms with E-state index in [9.17, 15) is 4.79 Å². The average molecular weight is 237 g/mol. The number of nitrogens with one attached hydrogen (secondary N) is 1. The Balaban J connectivity index is 2.80. The van der Waals surface area contributed by atoms with Gasteiger partial charge in [-0.05, 0) is 31.5 Å². The minimum Gasteiger partial charge on any atom is -0.495 e. The average Bonchev–Trinajstić information content (AvgIpc) is 2.30. The molecule has 0 atom stereocenters. The van der Waals surface area contributed by atoms with E-state index in [1.807, 2.05) is 25.1 Å². The van der Waals surface area contributed by atoms with Gasteiger partial charge in [0.05, 0.1) is 25.8 Å². The Kier molecular flexibility index (Phi) is 5.33. The zero-order valence-corrected chi connectivity index (χ0v) is 10.6. The molecular weight excluding hydrogens is 218 g/mol. The molecule has 0 aliphatic carbocycles. The summed E-state index contributed by atoms with van der Waals surface area (Å²) in [6, 6.07) is 5.64. The minimum absolute atomic E-state index is 0.208. The lowest BCUT2D eigenvalue weighted by atomic mass is 10.1. The van der Waals surface area contributed by atoms with E-state index in [0.29, 0.717) is 6.61 Å². The van der Waals surface area contributed by atoms with Crippen LogP contribution in [0.25, 0.3) is 0 Å². The molecule has 0 spiro atoms. The highest BCUT2D eigenvalue weighted by molar-refractivity contribution is 5.73. The molecule has 0 unspecified atom stereocenters. The molecule has 0 aliphatic rings. The van der Waals surface area contributed by atoms with Gasteiger partial charge >= 0.3 is 5.97 Å². The first-order valence-corrected chi connectivity index (χ1v) is 5.77. The second kappa shape index (κ2) is 6.78. The maximum absolute atomic E-state index is 11.4. The maximum atomic E-state index is 11.4. The van der Waals surface area contributed by atoms with Crippen LogP contribution in [0.15, 0.2) is 18.2 Å². The summed E-state index contributed by atoms with van der Waals surface area (Å²) in [4.78, 5) is 11.4. The van der Waals surface area contributed by atoms with Crippen LogP contribution >= 0.6 is 0 Å². The van der Waals surface area contributed by atoms with Crippen molar-refractivity contribution in [3.8, 4) is 5.75 Å². The molecule has 0 fully saturated rings. The van der Waals surface area contributed by atoms with Crippen molar-refractivity contribution < 1.29 is 14.3 Å². The van der Waals surface area contributed by atoms with Gasteiger partial charge in [0.15, 0.2) is 0 Å². The molecule has 0 radical (unpaired) electrons. The molecule has 0 saturated carbocycles. The predicted octanol–water partition coefficient (Wildman–Crippen LogP) is 2.23. The van der Waals surface area contributed by atoms with Gasteiger partial charge in [0.2, 0.25) is 0 Å². The van der Waals surface area contributed by atoms with Crippen molar-refractivity contribution >= 4 is 11.7 Å². The van der Waals surface area contributed by atoms with Gasteiger partial charge in [0.25, 0.3) is 0 Å². The highest BCUT2D eigenvalue weighted by Gasteiger charge is 2.07. The first kappa shape index (κ1) is 13.4. The third kappa shape index (κ3) is 3.98. The lowest BCUT2D eigenvalue weighted by Crippen LogP contribution is -2.08. The van der Waals surface area contributed by atoms with E-state index in [1.54, 1.807) is 14.0 Å². The summed E-state index contributed by atoms with van der Waals surface area (Å²) in [5.41, 5.74) is 1.82. The summed E-state index contributed by atoms with van der Waals surface area (Å²) < 4.78 is 10.1. The van der Waals surface area contributed by atoms with Crippen LogP contribution in [-0.2, 0) is 16.0 Å². The molecule has 0 amide bonds. The second-order valence-corrected chi connectivity index (χ2v) is 3.55. The quantitative estimate of drug-likeness (QED) is 0.771. The smallest absolute Gasteiger partial charge is 0.310 e. The third-order valence-corrected chi connectivity index (χ3v) is 2.28. The Hall–Kier alpha value is -1.71. The summed E-state index contributed by atoms with van der Waals surface area (Å²) >= 11 is 0. The van der Waals surface area contributed by atoms with Crippen molar-refractivity contribution in [2.45, 2.75) is 20.3 Å². The fraction of sp³-hybridized carbons (Fsp3) is 0.462. The summed E-state index contributed by atoms with van der Waals surface area (Å²) in [7, 11) is 1.63. The van der Waals surface area contributed by atoms with E-state index >= 15 is 0 Å². The summed E-state index contributed by atoms with van der Waals surface area (Å²) in [6.07, 6.45) is 0.288. The van der Waals surface area contributed by atoms with Gasteiger partial charge in [-0.15, -0.1) is 0 Å². The minimum atomic E-state index is -0.208. The largest absolute Gasteiger partial charge is 0.495 e. The normalized spacial score (nSPS) is 9.82. The van der Waals surface area contributed by atoms with Crippen molar-refractivity contribution in [2.24, 2.45) is 0 Å². The molecule has 94 valence electrons. The molecule has 17 heavy (non-hydrogen) atoms. The van der Waals surface area contributed by atoms with Gasteiger partial charge in [0, 0.05) is 6.54 Å². The fourth-order valence-corrected chi connectivity index (χ4v) is 1.57. The topological polar surface area (TPSA) is 47.6 Å². The zero-order valence-electron chi connectivity index (χ0n) is 10.6. The molecule has 4 heteroatoms. The number of methoxy groups -OCH3 is 1. The van der Waals surface area contributed by atoms with E-state index in [1.165, 1.54) is 0 Å². The second-order valence-electron chi connectivity index (χ2n) is 3.55. The Morgan fingerprint density at radius 3 is 2.71 bits per heavy atom. The molecular formula is C13H19NO3. The van der Waals surface area contributed by atoms with Crippen LogP contribution in [0.1, 0.15) is 19.4 Å². The van der Waals surface area contributed by atoms with Gasteiger partial charge in [-0.3, -0.25) is 4.79 Å². The number of rotatable bonds is 6. The number of benzene rings is 1. The molecule has 0 aliphatic heterocycles. The van der Waals surface area contributed by atoms with E-state index in [-0.39, 0.29) is 12.4 Å². The highest BCUT2D eigenvalue weighted by atomic mass is 16.5. The van der Waals surface area contributed by atoms with Crippen molar-refractivity contribution in [1.82, 2.24) is 0 Å². The van der Waals surface area contributed by atoms with Gasteiger partial charge in [0.1, 0.15) is 5.75 Å². The molecule has 0 bridgehead atoms. The standard InChI is InChI=1S/C13H19NO3/c1-4-14-11-8-10(6-7-12(11)16-3)9-13(15)17-5-2/h6-8,14H,4-5,9H2,1-3H3. The number of esters is 1. The molecule has 1 aromatic rings. The first-order chi connectivity index (χ1) is 8.21. The summed E-state index contributed by atoms with van der Waals surface area (Å²) in [5, 5.41) is 3.20. The van der Waals surface area contributed by atoms with Crippen LogP contribution in [0.3, 0.4) is 0 Å². The summed E-state index contributed by atoms with van der Waals surface area (Å²) in [6.45, 7) is 5.03. The van der Waals surface area contributed by atoms with Crippen LogP contribution < -0.4 is 10.1 Å². The van der Waals surface area contributed by atoms with E-state index in [0.717, 1.165) is 23.5 Å². The number of carbonyl (C=O) groups is 1. The number of anilines is 1. The molecule has 1 rings (SSSR count). The predicted molar refractivity (Wildman–Crippen MR) is 67.5 cm³/mol. The molecule has 4 nitrogen and oxygen atoms in total. The van der Waals surface area contributed by atoms with E-state index in [2.05, 4.69) is 5.32 Å². The monoisotopic (exact) mass is 237 g/mol. The molecule has 0 heterocycles. The van der Waals surface area contributed by atoms with Gasteiger partial charge < -0.3 is 14.8 Å². The lowest BCUT2D eigenvalue weighted by molar-refractivity contribution is -0.142. The van der Waals surface area contributed by atoms with Crippen LogP contribution in [-0.4, -0.2) is 26.2 Å². The molecule has 0 aromatic heterocycles. The summed E-state index contributed by atoms with van der Waals surface area (Å²) in [5.74, 6) is 0.569. The Morgan fingerprint density at radius 2 is 2.12 bits per heavy atom. The van der Waals surface area contributed by atoms with Gasteiger partial charge in [-0.1, -0.05) is 6.07 Å². The van der Waals surface area contributed by atoms with Crippen LogP contribution in [0.2, 0.25) is 0 Å². The lowest BCUT2D eigenvalue weighted by Gasteiger charge is -2.11. The number of carbonyl (C=O) groups excluding carboxylic acids is 1. The van der Waals surface area contributed by atoms with Crippen molar-refractivity contribution in [1.29, 1.82) is 0 Å². The van der Waals surface area contributed by atoms with Crippen LogP contribution in [0, 0.1) is 0 Å². The maximum Gasteiger partial charge on any atom is 0.310 e. The highest BCUT2D eigenvalue weighted by Crippen LogP contribution is 2.25. The van der Waals surface area contributed by atoms with E-state index < -0.39 is 0 Å².